The summed E-state index contributed by atoms with van der Waals surface area (Å²) in [4.78, 5) is 0. The lowest BCUT2D eigenvalue weighted by molar-refractivity contribution is 0.173. The molecule has 16 heavy (non-hydrogen) atoms. The number of hydrogen-bond donors (Lipinski definition) is 2. The molecule has 2 nitrogen and oxygen atoms in total. The Morgan fingerprint density at radius 3 is 2.31 bits per heavy atom. The van der Waals surface area contributed by atoms with Gasteiger partial charge in [0.05, 0.1) is 6.10 Å². The largest absolute Gasteiger partial charge is 0.387 e. The van der Waals surface area contributed by atoms with E-state index < -0.39 is 0 Å². The standard InChI is InChI=1S/C14H21NO/c1-9-6-10(2)14(11(3)7-9)13(16)8-15-12-4-5-12/h6-7,12-13,15-16H,4-5,8H2,1-3H3. The summed E-state index contributed by atoms with van der Waals surface area (Å²) in [6.45, 7) is 6.93. The monoisotopic (exact) mass is 219 g/mol. The van der Waals surface area contributed by atoms with Crippen molar-refractivity contribution in [2.45, 2.75) is 45.8 Å². The molecule has 0 bridgehead atoms. The zero-order valence-corrected chi connectivity index (χ0v) is 10.4. The van der Waals surface area contributed by atoms with Gasteiger partial charge in [-0.1, -0.05) is 17.7 Å². The van der Waals surface area contributed by atoms with Crippen LogP contribution in [0.3, 0.4) is 0 Å². The normalized spacial score (nSPS) is 17.5. The molecular formula is C14H21NO. The second kappa shape index (κ2) is 4.56. The highest BCUT2D eigenvalue weighted by atomic mass is 16.3. The topological polar surface area (TPSA) is 32.3 Å². The first-order chi connectivity index (χ1) is 7.58. The van der Waals surface area contributed by atoms with Gasteiger partial charge >= 0.3 is 0 Å². The number of aliphatic hydroxyl groups excluding tert-OH is 1. The van der Waals surface area contributed by atoms with E-state index in [0.717, 1.165) is 5.56 Å². The minimum absolute atomic E-state index is 0.374. The van der Waals surface area contributed by atoms with Crippen LogP contribution in [0.1, 0.15) is 41.2 Å². The first kappa shape index (κ1) is 11.6. The van der Waals surface area contributed by atoms with Crippen LogP contribution >= 0.6 is 0 Å². The Hall–Kier alpha value is -0.860. The van der Waals surface area contributed by atoms with Gasteiger partial charge in [0.15, 0.2) is 0 Å². The number of rotatable bonds is 4. The minimum atomic E-state index is -0.374. The quantitative estimate of drug-likeness (QED) is 0.815. The molecule has 2 N–H and O–H groups in total. The fraction of sp³-hybridized carbons (Fsp3) is 0.571. The molecule has 0 amide bonds. The molecule has 1 aliphatic carbocycles. The molecule has 0 saturated heterocycles. The van der Waals surface area contributed by atoms with Crippen molar-refractivity contribution in [2.24, 2.45) is 0 Å². The second-order valence-electron chi connectivity index (χ2n) is 5.01. The number of benzene rings is 1. The smallest absolute Gasteiger partial charge is 0.0919 e. The Morgan fingerprint density at radius 1 is 1.25 bits per heavy atom. The summed E-state index contributed by atoms with van der Waals surface area (Å²) in [5, 5.41) is 13.6. The van der Waals surface area contributed by atoms with Gasteiger partial charge in [-0.2, -0.15) is 0 Å². The Balaban J connectivity index is 2.11. The Bertz CT molecular complexity index is 359. The van der Waals surface area contributed by atoms with E-state index in [0.29, 0.717) is 12.6 Å². The van der Waals surface area contributed by atoms with Crippen LogP contribution in [0.2, 0.25) is 0 Å². The lowest BCUT2D eigenvalue weighted by Crippen LogP contribution is -2.24. The van der Waals surface area contributed by atoms with E-state index in [1.807, 2.05) is 0 Å². The van der Waals surface area contributed by atoms with Crippen LogP contribution < -0.4 is 5.32 Å². The molecule has 1 fully saturated rings. The number of aliphatic hydroxyl groups is 1. The van der Waals surface area contributed by atoms with Crippen molar-refractivity contribution in [1.82, 2.24) is 5.32 Å². The maximum atomic E-state index is 10.2. The number of aryl methyl sites for hydroxylation is 3. The van der Waals surface area contributed by atoms with Crippen molar-refractivity contribution in [3.05, 3.63) is 34.4 Å². The minimum Gasteiger partial charge on any atom is -0.387 e. The molecule has 2 heteroatoms. The molecule has 1 aromatic rings. The summed E-state index contributed by atoms with van der Waals surface area (Å²) in [7, 11) is 0. The number of hydrogen-bond acceptors (Lipinski definition) is 2. The zero-order valence-electron chi connectivity index (χ0n) is 10.4. The number of nitrogens with one attached hydrogen (secondary N) is 1. The second-order valence-corrected chi connectivity index (χ2v) is 5.01. The van der Waals surface area contributed by atoms with Crippen LogP contribution in [0.5, 0.6) is 0 Å². The summed E-state index contributed by atoms with van der Waals surface area (Å²) < 4.78 is 0. The molecule has 1 saturated carbocycles. The molecule has 1 atom stereocenters. The van der Waals surface area contributed by atoms with E-state index in [4.69, 9.17) is 0 Å². The molecule has 1 aromatic carbocycles. The van der Waals surface area contributed by atoms with Gasteiger partial charge in [0.1, 0.15) is 0 Å². The summed E-state index contributed by atoms with van der Waals surface area (Å²) in [6.07, 6.45) is 2.15. The molecule has 1 unspecified atom stereocenters. The molecule has 0 aromatic heterocycles. The van der Waals surface area contributed by atoms with Crippen LogP contribution in [-0.4, -0.2) is 17.7 Å². The van der Waals surface area contributed by atoms with E-state index in [-0.39, 0.29) is 6.10 Å². The zero-order chi connectivity index (χ0) is 11.7. The third kappa shape index (κ3) is 2.63. The summed E-state index contributed by atoms with van der Waals surface area (Å²) in [6, 6.07) is 4.94. The van der Waals surface area contributed by atoms with Crippen molar-refractivity contribution in [3.8, 4) is 0 Å². The van der Waals surface area contributed by atoms with E-state index in [1.165, 1.54) is 29.5 Å². The van der Waals surface area contributed by atoms with Gasteiger partial charge in [0.2, 0.25) is 0 Å². The molecule has 88 valence electrons. The van der Waals surface area contributed by atoms with Gasteiger partial charge in [0, 0.05) is 12.6 Å². The van der Waals surface area contributed by atoms with Crippen molar-refractivity contribution in [2.75, 3.05) is 6.54 Å². The molecule has 2 rings (SSSR count). The van der Waals surface area contributed by atoms with Crippen LogP contribution in [-0.2, 0) is 0 Å². The van der Waals surface area contributed by atoms with Gasteiger partial charge in [-0.3, -0.25) is 0 Å². The lowest BCUT2D eigenvalue weighted by atomic mass is 9.95. The fourth-order valence-corrected chi connectivity index (χ4v) is 2.38. The molecule has 1 aliphatic rings. The summed E-state index contributed by atoms with van der Waals surface area (Å²) >= 11 is 0. The molecule has 0 heterocycles. The molecule has 0 spiro atoms. The highest BCUT2D eigenvalue weighted by Crippen LogP contribution is 2.25. The van der Waals surface area contributed by atoms with Crippen molar-refractivity contribution in [3.63, 3.8) is 0 Å². The van der Waals surface area contributed by atoms with E-state index in [2.05, 4.69) is 38.2 Å². The van der Waals surface area contributed by atoms with Crippen LogP contribution in [0.4, 0.5) is 0 Å². The van der Waals surface area contributed by atoms with Gasteiger partial charge in [0.25, 0.3) is 0 Å². The Kier molecular flexibility index (Phi) is 3.31. The predicted molar refractivity (Wildman–Crippen MR) is 66.6 cm³/mol. The predicted octanol–water partition coefficient (Wildman–Crippen LogP) is 2.40. The van der Waals surface area contributed by atoms with Gasteiger partial charge in [-0.05, 0) is 50.3 Å². The average molecular weight is 219 g/mol. The third-order valence-corrected chi connectivity index (χ3v) is 3.25. The third-order valence-electron chi connectivity index (χ3n) is 3.25. The van der Waals surface area contributed by atoms with E-state index in [9.17, 15) is 5.11 Å². The van der Waals surface area contributed by atoms with E-state index in [1.54, 1.807) is 0 Å². The van der Waals surface area contributed by atoms with Gasteiger partial charge in [-0.25, -0.2) is 0 Å². The fourth-order valence-electron chi connectivity index (χ4n) is 2.38. The summed E-state index contributed by atoms with van der Waals surface area (Å²) in [5.41, 5.74) is 4.75. The maximum absolute atomic E-state index is 10.2. The average Bonchev–Trinajstić information content (AvgIpc) is 2.96. The van der Waals surface area contributed by atoms with Crippen LogP contribution in [0.15, 0.2) is 12.1 Å². The molecule has 0 radical (unpaired) electrons. The van der Waals surface area contributed by atoms with Crippen LogP contribution in [0, 0.1) is 20.8 Å². The van der Waals surface area contributed by atoms with Crippen molar-refractivity contribution in [1.29, 1.82) is 0 Å². The summed E-state index contributed by atoms with van der Waals surface area (Å²) in [5.74, 6) is 0. The van der Waals surface area contributed by atoms with Crippen LogP contribution in [0.25, 0.3) is 0 Å². The Labute approximate surface area is 97.7 Å². The van der Waals surface area contributed by atoms with Crippen molar-refractivity contribution >= 4 is 0 Å². The molecule has 0 aliphatic heterocycles. The van der Waals surface area contributed by atoms with Gasteiger partial charge < -0.3 is 10.4 Å². The Morgan fingerprint density at radius 2 is 1.81 bits per heavy atom. The molecular weight excluding hydrogens is 198 g/mol. The first-order valence-electron chi connectivity index (χ1n) is 6.07. The van der Waals surface area contributed by atoms with Crippen molar-refractivity contribution < 1.29 is 5.11 Å². The van der Waals surface area contributed by atoms with Gasteiger partial charge in [-0.15, -0.1) is 0 Å². The lowest BCUT2D eigenvalue weighted by Gasteiger charge is -2.18. The SMILES string of the molecule is Cc1cc(C)c(C(O)CNC2CC2)c(C)c1. The first-order valence-corrected chi connectivity index (χ1v) is 6.07. The maximum Gasteiger partial charge on any atom is 0.0919 e. The highest BCUT2D eigenvalue weighted by molar-refractivity contribution is 5.39. The van der Waals surface area contributed by atoms with E-state index >= 15 is 0 Å². The highest BCUT2D eigenvalue weighted by Gasteiger charge is 2.22.